The van der Waals surface area contributed by atoms with Crippen LogP contribution in [0.15, 0.2) is 12.1 Å². The van der Waals surface area contributed by atoms with Gasteiger partial charge < -0.3 is 10.4 Å². The van der Waals surface area contributed by atoms with Gasteiger partial charge in [-0.25, -0.2) is 4.98 Å². The summed E-state index contributed by atoms with van der Waals surface area (Å²) in [6, 6.07) is 4.13. The number of aliphatic hydroxyl groups excluding tert-OH is 1. The number of Topliss-reactive ketones (excluding diaryl/α,β-unsaturated/α-hetero) is 1. The van der Waals surface area contributed by atoms with E-state index in [4.69, 9.17) is 0 Å². The van der Waals surface area contributed by atoms with Gasteiger partial charge in [0.25, 0.3) is 5.91 Å². The monoisotopic (exact) mass is 400 g/mol. The summed E-state index contributed by atoms with van der Waals surface area (Å²) in [6.07, 6.45) is 0.308. The molecule has 150 valence electrons. The fraction of sp³-hybridized carbons (Fsp3) is 0.500. The van der Waals surface area contributed by atoms with Crippen molar-refractivity contribution in [3.05, 3.63) is 50.0 Å². The fourth-order valence-corrected chi connectivity index (χ4v) is 5.26. The van der Waals surface area contributed by atoms with Crippen LogP contribution in [0.2, 0.25) is 0 Å². The summed E-state index contributed by atoms with van der Waals surface area (Å²) in [5.74, 6) is -0.824. The Balaban J connectivity index is 1.65. The first-order chi connectivity index (χ1) is 13.2. The SMILES string of the molecule is Cc1cc(C)c(C2C(=O)C(CCNC(=O)c3nc(C)sc3C)CC2O)c(C)c1. The standard InChI is InChI=1S/C22H28N2O3S/c1-11-8-12(2)18(13(3)9-11)19-17(25)10-16(21(19)26)6-7-23-22(27)20-14(4)28-15(5)24-20/h8-9,16-17,19,25H,6-7,10H2,1-5H3,(H,23,27). The molecule has 1 aliphatic carbocycles. The molecule has 1 aromatic carbocycles. The van der Waals surface area contributed by atoms with E-state index < -0.39 is 12.0 Å². The maximum Gasteiger partial charge on any atom is 0.271 e. The number of hydrogen-bond donors (Lipinski definition) is 2. The number of nitrogens with zero attached hydrogens (tertiary/aromatic N) is 1. The van der Waals surface area contributed by atoms with E-state index in [1.807, 2.05) is 34.6 Å². The number of aliphatic hydroxyl groups is 1. The molecule has 0 aliphatic heterocycles. The van der Waals surface area contributed by atoms with Crippen LogP contribution in [0, 0.1) is 40.5 Å². The first kappa shape index (κ1) is 20.7. The predicted octanol–water partition coefficient (Wildman–Crippen LogP) is 3.54. The van der Waals surface area contributed by atoms with Crippen LogP contribution in [0.25, 0.3) is 0 Å². The molecule has 3 unspecified atom stereocenters. The first-order valence-corrected chi connectivity index (χ1v) is 10.5. The van der Waals surface area contributed by atoms with Crippen LogP contribution in [-0.2, 0) is 4.79 Å². The van der Waals surface area contributed by atoms with Crippen LogP contribution in [-0.4, -0.2) is 34.4 Å². The Morgan fingerprint density at radius 1 is 1.21 bits per heavy atom. The summed E-state index contributed by atoms with van der Waals surface area (Å²) in [4.78, 5) is 30.5. The number of carbonyl (C=O) groups is 2. The number of aryl methyl sites for hydroxylation is 5. The van der Waals surface area contributed by atoms with Crippen LogP contribution in [0.3, 0.4) is 0 Å². The second-order valence-corrected chi connectivity index (χ2v) is 9.28. The number of ketones is 1. The number of hydrogen-bond acceptors (Lipinski definition) is 5. The fourth-order valence-electron chi connectivity index (χ4n) is 4.45. The van der Waals surface area contributed by atoms with Crippen molar-refractivity contribution >= 4 is 23.0 Å². The van der Waals surface area contributed by atoms with Crippen molar-refractivity contribution in [2.75, 3.05) is 6.54 Å². The van der Waals surface area contributed by atoms with Crippen LogP contribution in [0.4, 0.5) is 0 Å². The minimum Gasteiger partial charge on any atom is -0.392 e. The predicted molar refractivity (Wildman–Crippen MR) is 111 cm³/mol. The molecule has 6 heteroatoms. The van der Waals surface area contributed by atoms with Gasteiger partial charge in [-0.15, -0.1) is 11.3 Å². The van der Waals surface area contributed by atoms with Gasteiger partial charge in [0.1, 0.15) is 11.5 Å². The van der Waals surface area contributed by atoms with E-state index in [0.29, 0.717) is 25.1 Å². The van der Waals surface area contributed by atoms with Crippen LogP contribution >= 0.6 is 11.3 Å². The third kappa shape index (κ3) is 4.03. The zero-order chi connectivity index (χ0) is 20.6. The van der Waals surface area contributed by atoms with Crippen molar-refractivity contribution in [2.24, 2.45) is 5.92 Å². The van der Waals surface area contributed by atoms with Crippen LogP contribution in [0.1, 0.15) is 61.4 Å². The van der Waals surface area contributed by atoms with Gasteiger partial charge in [0.2, 0.25) is 0 Å². The molecule has 0 radical (unpaired) electrons. The Labute approximate surface area is 170 Å². The molecular weight excluding hydrogens is 372 g/mol. The van der Waals surface area contributed by atoms with Gasteiger partial charge in [-0.3, -0.25) is 9.59 Å². The zero-order valence-corrected chi connectivity index (χ0v) is 17.9. The minimum absolute atomic E-state index is 0.0810. The lowest BCUT2D eigenvalue weighted by atomic mass is 9.86. The number of aromatic nitrogens is 1. The van der Waals surface area contributed by atoms with Crippen molar-refractivity contribution in [1.82, 2.24) is 10.3 Å². The Morgan fingerprint density at radius 2 is 1.86 bits per heavy atom. The zero-order valence-electron chi connectivity index (χ0n) is 17.1. The number of rotatable bonds is 5. The van der Waals surface area contributed by atoms with Gasteiger partial charge >= 0.3 is 0 Å². The molecule has 1 amide bonds. The number of amides is 1. The topological polar surface area (TPSA) is 79.3 Å². The number of benzene rings is 1. The first-order valence-electron chi connectivity index (χ1n) is 9.70. The molecule has 3 rings (SSSR count). The molecule has 28 heavy (non-hydrogen) atoms. The van der Waals surface area contributed by atoms with E-state index in [2.05, 4.69) is 22.4 Å². The van der Waals surface area contributed by atoms with E-state index >= 15 is 0 Å². The van der Waals surface area contributed by atoms with Gasteiger partial charge in [-0.2, -0.15) is 0 Å². The third-order valence-corrected chi connectivity index (χ3v) is 6.45. The maximum absolute atomic E-state index is 13.0. The molecule has 0 spiro atoms. The Bertz CT molecular complexity index is 895. The lowest BCUT2D eigenvalue weighted by Gasteiger charge is -2.19. The van der Waals surface area contributed by atoms with Crippen LogP contribution in [0.5, 0.6) is 0 Å². The summed E-state index contributed by atoms with van der Waals surface area (Å²) in [5, 5.41) is 14.3. The van der Waals surface area contributed by atoms with Crippen molar-refractivity contribution < 1.29 is 14.7 Å². The molecule has 1 saturated carbocycles. The second kappa shape index (κ2) is 8.13. The minimum atomic E-state index is -0.670. The Morgan fingerprint density at radius 3 is 2.43 bits per heavy atom. The Kier molecular flexibility index (Phi) is 6.01. The van der Waals surface area contributed by atoms with Crippen molar-refractivity contribution in [3.8, 4) is 0 Å². The van der Waals surface area contributed by atoms with Crippen molar-refractivity contribution in [1.29, 1.82) is 0 Å². The van der Waals surface area contributed by atoms with E-state index in [0.717, 1.165) is 32.1 Å². The van der Waals surface area contributed by atoms with Crippen molar-refractivity contribution in [3.63, 3.8) is 0 Å². The van der Waals surface area contributed by atoms with Gasteiger partial charge in [0.05, 0.1) is 17.0 Å². The smallest absolute Gasteiger partial charge is 0.271 e. The summed E-state index contributed by atoms with van der Waals surface area (Å²) < 4.78 is 0. The highest BCUT2D eigenvalue weighted by atomic mass is 32.1. The molecule has 5 nitrogen and oxygen atoms in total. The van der Waals surface area contributed by atoms with Crippen molar-refractivity contribution in [2.45, 2.75) is 59.5 Å². The highest BCUT2D eigenvalue weighted by Gasteiger charge is 2.42. The number of nitrogens with one attached hydrogen (secondary N) is 1. The highest BCUT2D eigenvalue weighted by Crippen LogP contribution is 2.39. The second-order valence-electron chi connectivity index (χ2n) is 7.87. The molecule has 1 aliphatic rings. The van der Waals surface area contributed by atoms with E-state index in [1.54, 1.807) is 0 Å². The molecule has 1 fully saturated rings. The summed E-state index contributed by atoms with van der Waals surface area (Å²) in [6.45, 7) is 10.2. The lowest BCUT2D eigenvalue weighted by Crippen LogP contribution is -2.28. The largest absolute Gasteiger partial charge is 0.392 e. The average Bonchev–Trinajstić information content (AvgIpc) is 3.07. The average molecular weight is 401 g/mol. The third-order valence-electron chi connectivity index (χ3n) is 5.57. The Hall–Kier alpha value is -2.05. The van der Waals surface area contributed by atoms with Gasteiger partial charge in [-0.05, 0) is 64.2 Å². The van der Waals surface area contributed by atoms with Gasteiger partial charge in [0.15, 0.2) is 0 Å². The quantitative estimate of drug-likeness (QED) is 0.805. The highest BCUT2D eigenvalue weighted by molar-refractivity contribution is 7.11. The van der Waals surface area contributed by atoms with Crippen LogP contribution < -0.4 is 5.32 Å². The molecule has 2 aromatic rings. The van der Waals surface area contributed by atoms with E-state index in [9.17, 15) is 14.7 Å². The molecule has 1 aromatic heterocycles. The maximum atomic E-state index is 13.0. The molecule has 0 saturated heterocycles. The summed E-state index contributed by atoms with van der Waals surface area (Å²) >= 11 is 1.50. The van der Waals surface area contributed by atoms with Gasteiger partial charge in [-0.1, -0.05) is 17.7 Å². The molecule has 2 N–H and O–H groups in total. The number of carbonyl (C=O) groups excluding carboxylic acids is 2. The molecular formula is C22H28N2O3S. The van der Waals surface area contributed by atoms with E-state index in [-0.39, 0.29) is 17.6 Å². The molecule has 1 heterocycles. The number of thiazole rings is 1. The molecule has 0 bridgehead atoms. The van der Waals surface area contributed by atoms with E-state index in [1.165, 1.54) is 11.3 Å². The summed E-state index contributed by atoms with van der Waals surface area (Å²) in [5.41, 5.74) is 4.69. The normalized spacial score (nSPS) is 21.9. The molecule has 3 atom stereocenters. The summed E-state index contributed by atoms with van der Waals surface area (Å²) in [7, 11) is 0. The lowest BCUT2D eigenvalue weighted by molar-refractivity contribution is -0.122. The van der Waals surface area contributed by atoms with Gasteiger partial charge in [0, 0.05) is 17.3 Å².